The number of benzene rings is 2. The maximum absolute atomic E-state index is 12.5. The average Bonchev–Trinajstić information content (AvgIpc) is 3.14. The molecule has 0 aliphatic heterocycles. The Morgan fingerprint density at radius 2 is 1.72 bits per heavy atom. The molecule has 1 N–H and O–H groups in total. The van der Waals surface area contributed by atoms with Crippen LogP contribution in [0.25, 0.3) is 10.9 Å². The van der Waals surface area contributed by atoms with Gasteiger partial charge in [0.1, 0.15) is 5.75 Å². The molecule has 0 bridgehead atoms. The van der Waals surface area contributed by atoms with Crippen molar-refractivity contribution < 1.29 is 19.1 Å². The first-order chi connectivity index (χ1) is 13.8. The van der Waals surface area contributed by atoms with E-state index in [1.807, 2.05) is 42.5 Å². The van der Waals surface area contributed by atoms with Crippen LogP contribution in [0.3, 0.4) is 0 Å². The number of ether oxygens (including phenoxy) is 2. The molecule has 5 heteroatoms. The lowest BCUT2D eigenvalue weighted by atomic mass is 9.87. The predicted molar refractivity (Wildman–Crippen MR) is 114 cm³/mol. The fraction of sp³-hybridized carbons (Fsp3) is 0.333. The molecule has 29 heavy (non-hydrogen) atoms. The maximum Gasteiger partial charge on any atom is 0.344 e. The second-order valence-corrected chi connectivity index (χ2v) is 8.04. The number of esters is 1. The Morgan fingerprint density at radius 1 is 1.00 bits per heavy atom. The average molecular weight is 393 g/mol. The van der Waals surface area contributed by atoms with Crippen molar-refractivity contribution in [3.05, 3.63) is 65.4 Å². The summed E-state index contributed by atoms with van der Waals surface area (Å²) in [5, 5.41) is 0.848. The number of rotatable bonds is 7. The standard InChI is InChI=1S/C24H27NO4/c1-5-16-7-6-8-19-20(13-25-23(16)19)21(26)14-29-22(27)15-28-18-11-9-17(10-12-18)24(2,3)4/h6-13,25H,5,14-15H2,1-4H3. The topological polar surface area (TPSA) is 68.4 Å². The fourth-order valence-electron chi connectivity index (χ4n) is 3.20. The summed E-state index contributed by atoms with van der Waals surface area (Å²) in [5.41, 5.74) is 3.86. The van der Waals surface area contributed by atoms with E-state index < -0.39 is 5.97 Å². The quantitative estimate of drug-likeness (QED) is 0.461. The number of aromatic amines is 1. The lowest BCUT2D eigenvalue weighted by Gasteiger charge is -2.19. The summed E-state index contributed by atoms with van der Waals surface area (Å²) in [6.07, 6.45) is 2.54. The van der Waals surface area contributed by atoms with Gasteiger partial charge in [-0.2, -0.15) is 0 Å². The van der Waals surface area contributed by atoms with Crippen LogP contribution < -0.4 is 4.74 Å². The number of Topliss-reactive ketones (excluding diaryl/α,β-unsaturated/α-hetero) is 1. The number of para-hydroxylation sites is 1. The van der Waals surface area contributed by atoms with E-state index >= 15 is 0 Å². The molecule has 152 valence electrons. The van der Waals surface area contributed by atoms with Crippen molar-refractivity contribution >= 4 is 22.7 Å². The molecule has 0 fully saturated rings. The number of hydrogen-bond donors (Lipinski definition) is 1. The van der Waals surface area contributed by atoms with Crippen molar-refractivity contribution in [2.24, 2.45) is 0 Å². The predicted octanol–water partition coefficient (Wildman–Crippen LogP) is 4.83. The van der Waals surface area contributed by atoms with Crippen LogP contribution in [0.5, 0.6) is 5.75 Å². The van der Waals surface area contributed by atoms with Crippen LogP contribution in [-0.2, 0) is 21.4 Å². The SMILES string of the molecule is CCc1cccc2c(C(=O)COC(=O)COc3ccc(C(C)(C)C)cc3)c[nH]c12. The molecule has 0 spiro atoms. The van der Waals surface area contributed by atoms with E-state index in [1.165, 1.54) is 5.56 Å². The number of carbonyl (C=O) groups excluding carboxylic acids is 2. The van der Waals surface area contributed by atoms with Gasteiger partial charge in [-0.25, -0.2) is 4.79 Å². The van der Waals surface area contributed by atoms with Crippen LogP contribution >= 0.6 is 0 Å². The normalized spacial score (nSPS) is 11.4. The minimum Gasteiger partial charge on any atom is -0.482 e. The number of hydrogen-bond acceptors (Lipinski definition) is 4. The molecule has 0 amide bonds. The van der Waals surface area contributed by atoms with Crippen LogP contribution in [-0.4, -0.2) is 30.0 Å². The van der Waals surface area contributed by atoms with E-state index in [0.717, 1.165) is 22.9 Å². The van der Waals surface area contributed by atoms with Gasteiger partial charge in [0, 0.05) is 22.7 Å². The van der Waals surface area contributed by atoms with Crippen molar-refractivity contribution in [1.82, 2.24) is 4.98 Å². The summed E-state index contributed by atoms with van der Waals surface area (Å²) in [6.45, 7) is 7.91. The molecular weight excluding hydrogens is 366 g/mol. The summed E-state index contributed by atoms with van der Waals surface area (Å²) >= 11 is 0. The van der Waals surface area contributed by atoms with E-state index in [-0.39, 0.29) is 24.4 Å². The van der Waals surface area contributed by atoms with Gasteiger partial charge in [0.05, 0.1) is 0 Å². The zero-order chi connectivity index (χ0) is 21.0. The maximum atomic E-state index is 12.5. The second kappa shape index (κ2) is 8.52. The Bertz CT molecular complexity index is 1010. The van der Waals surface area contributed by atoms with E-state index in [2.05, 4.69) is 32.7 Å². The van der Waals surface area contributed by atoms with Gasteiger partial charge in [0.15, 0.2) is 13.2 Å². The third-order valence-electron chi connectivity index (χ3n) is 4.92. The second-order valence-electron chi connectivity index (χ2n) is 8.04. The van der Waals surface area contributed by atoms with Gasteiger partial charge in [-0.05, 0) is 35.1 Å². The summed E-state index contributed by atoms with van der Waals surface area (Å²) in [4.78, 5) is 27.6. The number of aromatic nitrogens is 1. The molecule has 0 radical (unpaired) electrons. The molecule has 0 aliphatic rings. The molecule has 2 aromatic carbocycles. The first kappa shape index (κ1) is 20.6. The number of carbonyl (C=O) groups is 2. The highest BCUT2D eigenvalue weighted by Crippen LogP contribution is 2.24. The largest absolute Gasteiger partial charge is 0.482 e. The number of nitrogens with one attached hydrogen (secondary N) is 1. The van der Waals surface area contributed by atoms with Gasteiger partial charge in [-0.15, -0.1) is 0 Å². The first-order valence-corrected chi connectivity index (χ1v) is 9.80. The number of ketones is 1. The van der Waals surface area contributed by atoms with Crippen LogP contribution in [0.2, 0.25) is 0 Å². The molecule has 0 atom stereocenters. The van der Waals surface area contributed by atoms with Crippen LogP contribution in [0.1, 0.15) is 49.2 Å². The molecule has 0 saturated carbocycles. The minimum atomic E-state index is -0.577. The Kier molecular flexibility index (Phi) is 6.06. The van der Waals surface area contributed by atoms with Gasteiger partial charge < -0.3 is 14.5 Å². The van der Waals surface area contributed by atoms with Crippen molar-refractivity contribution in [2.75, 3.05) is 13.2 Å². The molecule has 0 aliphatic carbocycles. The lowest BCUT2D eigenvalue weighted by Crippen LogP contribution is -2.19. The van der Waals surface area contributed by atoms with Crippen molar-refractivity contribution in [2.45, 2.75) is 39.5 Å². The highest BCUT2D eigenvalue weighted by Gasteiger charge is 2.16. The van der Waals surface area contributed by atoms with Gasteiger partial charge in [0.2, 0.25) is 5.78 Å². The number of H-pyrrole nitrogens is 1. The Balaban J connectivity index is 1.54. The molecule has 0 unspecified atom stereocenters. The lowest BCUT2D eigenvalue weighted by molar-refractivity contribution is -0.144. The monoisotopic (exact) mass is 393 g/mol. The summed E-state index contributed by atoms with van der Waals surface area (Å²) in [7, 11) is 0. The molecule has 1 aromatic heterocycles. The van der Waals surface area contributed by atoms with Crippen molar-refractivity contribution in [3.8, 4) is 5.75 Å². The van der Waals surface area contributed by atoms with Crippen molar-refractivity contribution in [1.29, 1.82) is 0 Å². The minimum absolute atomic E-state index is 0.0537. The Labute approximate surface area is 171 Å². The summed E-state index contributed by atoms with van der Waals surface area (Å²) < 4.78 is 10.6. The molecule has 3 aromatic rings. The van der Waals surface area contributed by atoms with Gasteiger partial charge in [-0.3, -0.25) is 4.79 Å². The Morgan fingerprint density at radius 3 is 2.38 bits per heavy atom. The van der Waals surface area contributed by atoms with E-state index in [1.54, 1.807) is 6.20 Å². The first-order valence-electron chi connectivity index (χ1n) is 9.80. The summed E-state index contributed by atoms with van der Waals surface area (Å²) in [5.74, 6) is -0.232. The van der Waals surface area contributed by atoms with Crippen LogP contribution in [0, 0.1) is 0 Å². The van der Waals surface area contributed by atoms with E-state index in [0.29, 0.717) is 11.3 Å². The zero-order valence-electron chi connectivity index (χ0n) is 17.4. The Hall–Kier alpha value is -3.08. The van der Waals surface area contributed by atoms with Crippen molar-refractivity contribution in [3.63, 3.8) is 0 Å². The number of fused-ring (bicyclic) bond motifs is 1. The van der Waals surface area contributed by atoms with Crippen LogP contribution in [0.15, 0.2) is 48.7 Å². The third kappa shape index (κ3) is 4.86. The molecule has 5 nitrogen and oxygen atoms in total. The van der Waals surface area contributed by atoms with Gasteiger partial charge in [0.25, 0.3) is 0 Å². The fourth-order valence-corrected chi connectivity index (χ4v) is 3.20. The zero-order valence-corrected chi connectivity index (χ0v) is 17.4. The smallest absolute Gasteiger partial charge is 0.344 e. The number of aryl methyl sites for hydroxylation is 1. The molecular formula is C24H27NO4. The van der Waals surface area contributed by atoms with Gasteiger partial charge >= 0.3 is 5.97 Å². The highest BCUT2D eigenvalue weighted by atomic mass is 16.6. The third-order valence-corrected chi connectivity index (χ3v) is 4.92. The molecule has 1 heterocycles. The molecule has 3 rings (SSSR count). The van der Waals surface area contributed by atoms with Gasteiger partial charge in [-0.1, -0.05) is 58.0 Å². The van der Waals surface area contributed by atoms with E-state index in [4.69, 9.17) is 9.47 Å². The summed E-state index contributed by atoms with van der Waals surface area (Å²) in [6, 6.07) is 13.5. The van der Waals surface area contributed by atoms with Crippen LogP contribution in [0.4, 0.5) is 0 Å². The highest BCUT2D eigenvalue weighted by molar-refractivity contribution is 6.09. The molecule has 0 saturated heterocycles. The van der Waals surface area contributed by atoms with E-state index in [9.17, 15) is 9.59 Å².